The average molecular weight is 478 g/mol. The Morgan fingerprint density at radius 3 is 2.34 bits per heavy atom. The molecule has 0 saturated heterocycles. The molecule has 0 radical (unpaired) electrons. The highest BCUT2D eigenvalue weighted by molar-refractivity contribution is 6.03. The van der Waals surface area contributed by atoms with Gasteiger partial charge in [-0.05, 0) is 41.0 Å². The summed E-state index contributed by atoms with van der Waals surface area (Å²) in [4.78, 5) is 24.2. The van der Waals surface area contributed by atoms with Crippen molar-refractivity contribution in [2.75, 3.05) is 10.6 Å². The van der Waals surface area contributed by atoms with E-state index in [4.69, 9.17) is 0 Å². The molecule has 1 heterocycles. The Morgan fingerprint density at radius 1 is 0.971 bits per heavy atom. The molecule has 35 heavy (non-hydrogen) atoms. The van der Waals surface area contributed by atoms with Crippen LogP contribution in [-0.2, 0) is 22.2 Å². The van der Waals surface area contributed by atoms with Crippen molar-refractivity contribution in [1.82, 2.24) is 0 Å². The van der Waals surface area contributed by atoms with Gasteiger partial charge in [-0.1, -0.05) is 60.7 Å². The highest BCUT2D eigenvalue weighted by Gasteiger charge is 2.30. The SMILES string of the molecule is O=C(C=CC=C(c1ccccc1)c1ccc(C(F)(F)F)cc1)Nc1cccc2c1CC(O)C(=O)N2. The van der Waals surface area contributed by atoms with E-state index >= 15 is 0 Å². The zero-order chi connectivity index (χ0) is 25.0. The summed E-state index contributed by atoms with van der Waals surface area (Å²) in [5, 5.41) is 15.2. The van der Waals surface area contributed by atoms with Crippen LogP contribution in [0.5, 0.6) is 0 Å². The molecule has 1 atom stereocenters. The van der Waals surface area contributed by atoms with Crippen LogP contribution in [0.3, 0.4) is 0 Å². The van der Waals surface area contributed by atoms with E-state index in [0.29, 0.717) is 28.1 Å². The van der Waals surface area contributed by atoms with Gasteiger partial charge in [-0.25, -0.2) is 0 Å². The Balaban J connectivity index is 1.56. The smallest absolute Gasteiger partial charge is 0.383 e. The van der Waals surface area contributed by atoms with Crippen molar-refractivity contribution in [2.45, 2.75) is 18.7 Å². The van der Waals surface area contributed by atoms with Gasteiger partial charge < -0.3 is 15.7 Å². The molecule has 178 valence electrons. The second-order valence-electron chi connectivity index (χ2n) is 7.91. The van der Waals surface area contributed by atoms with Gasteiger partial charge in [0.05, 0.1) is 5.56 Å². The first-order chi connectivity index (χ1) is 16.7. The molecule has 0 fully saturated rings. The van der Waals surface area contributed by atoms with E-state index < -0.39 is 29.7 Å². The van der Waals surface area contributed by atoms with Crippen molar-refractivity contribution < 1.29 is 27.9 Å². The Morgan fingerprint density at radius 2 is 1.66 bits per heavy atom. The molecule has 1 unspecified atom stereocenters. The van der Waals surface area contributed by atoms with Gasteiger partial charge in [0.25, 0.3) is 5.91 Å². The third-order valence-electron chi connectivity index (χ3n) is 5.51. The summed E-state index contributed by atoms with van der Waals surface area (Å²) in [6.45, 7) is 0. The number of aliphatic hydroxyl groups is 1. The van der Waals surface area contributed by atoms with Crippen molar-refractivity contribution in [3.8, 4) is 0 Å². The van der Waals surface area contributed by atoms with Crippen LogP contribution < -0.4 is 10.6 Å². The van der Waals surface area contributed by atoms with Gasteiger partial charge in [-0.2, -0.15) is 13.2 Å². The maximum absolute atomic E-state index is 13.0. The number of anilines is 2. The number of fused-ring (bicyclic) bond motifs is 1. The Bertz CT molecular complexity index is 1300. The number of hydrogen-bond donors (Lipinski definition) is 3. The number of hydrogen-bond acceptors (Lipinski definition) is 3. The quantitative estimate of drug-likeness (QED) is 0.349. The zero-order valence-corrected chi connectivity index (χ0v) is 18.3. The summed E-state index contributed by atoms with van der Waals surface area (Å²) in [5.74, 6) is -0.941. The summed E-state index contributed by atoms with van der Waals surface area (Å²) < 4.78 is 38.9. The van der Waals surface area contributed by atoms with Crippen LogP contribution in [0.4, 0.5) is 24.5 Å². The van der Waals surface area contributed by atoms with Crippen LogP contribution >= 0.6 is 0 Å². The molecule has 0 bridgehead atoms. The molecular formula is C27H21F3N2O3. The average Bonchev–Trinajstić information content (AvgIpc) is 2.83. The number of carbonyl (C=O) groups is 2. The van der Waals surface area contributed by atoms with Gasteiger partial charge in [0, 0.05) is 29.4 Å². The van der Waals surface area contributed by atoms with E-state index in [-0.39, 0.29) is 6.42 Å². The number of allylic oxidation sites excluding steroid dienone is 2. The Kier molecular flexibility index (Phi) is 6.84. The molecule has 3 N–H and O–H groups in total. The van der Waals surface area contributed by atoms with Gasteiger partial charge in [-0.3, -0.25) is 9.59 Å². The summed E-state index contributed by atoms with van der Waals surface area (Å²) in [7, 11) is 0. The molecule has 0 saturated carbocycles. The van der Waals surface area contributed by atoms with E-state index in [1.165, 1.54) is 24.3 Å². The van der Waals surface area contributed by atoms with Crippen molar-refractivity contribution in [3.05, 3.63) is 113 Å². The number of alkyl halides is 3. The summed E-state index contributed by atoms with van der Waals surface area (Å²) in [6, 6.07) is 19.0. The van der Waals surface area contributed by atoms with Crippen molar-refractivity contribution in [2.24, 2.45) is 0 Å². The first kappa shape index (κ1) is 24.0. The Hall–Kier alpha value is -4.17. The summed E-state index contributed by atoms with van der Waals surface area (Å²) in [6.07, 6.45) is -1.08. The molecular weight excluding hydrogens is 457 g/mol. The molecule has 0 aliphatic carbocycles. The lowest BCUT2D eigenvalue weighted by molar-refractivity contribution is -0.137. The lowest BCUT2D eigenvalue weighted by Crippen LogP contribution is -2.34. The second-order valence-corrected chi connectivity index (χ2v) is 7.91. The molecule has 3 aromatic carbocycles. The standard InChI is InChI=1S/C27H21F3N2O3/c28-27(29,30)19-14-12-18(13-15-19)20(17-6-2-1-3-7-17)8-4-11-25(34)31-22-9-5-10-23-21(22)16-24(33)26(35)32-23/h1-15,24,33H,16H2,(H,31,34)(H,32,35). The number of nitrogens with one attached hydrogen (secondary N) is 2. The first-order valence-corrected chi connectivity index (χ1v) is 10.8. The molecule has 2 amide bonds. The van der Waals surface area contributed by atoms with Crippen LogP contribution in [0, 0.1) is 0 Å². The van der Waals surface area contributed by atoms with Gasteiger partial charge in [0.2, 0.25) is 5.91 Å². The summed E-state index contributed by atoms with van der Waals surface area (Å²) in [5.41, 5.74) is 2.85. The lowest BCUT2D eigenvalue weighted by atomic mass is 9.96. The van der Waals surface area contributed by atoms with Crippen LogP contribution in [0.2, 0.25) is 0 Å². The van der Waals surface area contributed by atoms with E-state index in [0.717, 1.165) is 17.7 Å². The largest absolute Gasteiger partial charge is 0.416 e. The number of aliphatic hydroxyl groups excluding tert-OH is 1. The fourth-order valence-electron chi connectivity index (χ4n) is 3.76. The summed E-state index contributed by atoms with van der Waals surface area (Å²) >= 11 is 0. The van der Waals surface area contributed by atoms with Gasteiger partial charge in [0.1, 0.15) is 6.10 Å². The van der Waals surface area contributed by atoms with Crippen LogP contribution in [0.1, 0.15) is 22.3 Å². The predicted molar refractivity (Wildman–Crippen MR) is 128 cm³/mol. The molecule has 1 aliphatic rings. The van der Waals surface area contributed by atoms with E-state index in [1.807, 2.05) is 30.3 Å². The molecule has 5 nitrogen and oxygen atoms in total. The normalized spacial score (nSPS) is 16.1. The monoisotopic (exact) mass is 478 g/mol. The molecule has 4 rings (SSSR count). The van der Waals surface area contributed by atoms with Crippen molar-refractivity contribution in [3.63, 3.8) is 0 Å². The fourth-order valence-corrected chi connectivity index (χ4v) is 3.76. The van der Waals surface area contributed by atoms with E-state index in [2.05, 4.69) is 10.6 Å². The topological polar surface area (TPSA) is 78.4 Å². The van der Waals surface area contributed by atoms with Crippen LogP contribution in [-0.4, -0.2) is 23.0 Å². The third kappa shape index (κ3) is 5.67. The van der Waals surface area contributed by atoms with Crippen molar-refractivity contribution >= 4 is 28.8 Å². The van der Waals surface area contributed by atoms with Crippen LogP contribution in [0.15, 0.2) is 91.0 Å². The van der Waals surface area contributed by atoms with Crippen LogP contribution in [0.25, 0.3) is 5.57 Å². The van der Waals surface area contributed by atoms with E-state index in [1.54, 1.807) is 24.3 Å². The van der Waals surface area contributed by atoms with Gasteiger partial charge in [-0.15, -0.1) is 0 Å². The number of benzene rings is 3. The minimum Gasteiger partial charge on any atom is -0.383 e. The third-order valence-corrected chi connectivity index (χ3v) is 5.51. The van der Waals surface area contributed by atoms with Gasteiger partial charge >= 0.3 is 6.18 Å². The highest BCUT2D eigenvalue weighted by atomic mass is 19.4. The molecule has 1 aliphatic heterocycles. The first-order valence-electron chi connectivity index (χ1n) is 10.8. The predicted octanol–water partition coefficient (Wildman–Crippen LogP) is 5.19. The number of halogens is 3. The molecule has 3 aromatic rings. The maximum Gasteiger partial charge on any atom is 0.416 e. The highest BCUT2D eigenvalue weighted by Crippen LogP contribution is 2.32. The zero-order valence-electron chi connectivity index (χ0n) is 18.3. The van der Waals surface area contributed by atoms with Gasteiger partial charge in [0.15, 0.2) is 0 Å². The minimum absolute atomic E-state index is 0.0767. The lowest BCUT2D eigenvalue weighted by Gasteiger charge is -2.23. The molecule has 0 spiro atoms. The fraction of sp³-hybridized carbons (Fsp3) is 0.111. The maximum atomic E-state index is 13.0. The number of carbonyl (C=O) groups excluding carboxylic acids is 2. The molecule has 8 heteroatoms. The number of amides is 2. The minimum atomic E-state index is -4.43. The van der Waals surface area contributed by atoms with E-state index in [9.17, 15) is 27.9 Å². The molecule has 0 aromatic heterocycles. The second kappa shape index (κ2) is 9.99. The van der Waals surface area contributed by atoms with Crippen molar-refractivity contribution in [1.29, 1.82) is 0 Å². The Labute approximate surface area is 199 Å². The number of rotatable bonds is 5.